The highest BCUT2D eigenvalue weighted by atomic mass is 16.6. The van der Waals surface area contributed by atoms with Crippen molar-refractivity contribution >= 4 is 35.1 Å². The highest BCUT2D eigenvalue weighted by Crippen LogP contribution is 2.17. The largest absolute Gasteiger partial charge is 0.497 e. The van der Waals surface area contributed by atoms with Crippen LogP contribution in [0.15, 0.2) is 53.7 Å². The maximum atomic E-state index is 11.7. The Morgan fingerprint density at radius 3 is 2.56 bits per heavy atom. The van der Waals surface area contributed by atoms with Gasteiger partial charge in [-0.3, -0.25) is 19.7 Å². The van der Waals surface area contributed by atoms with Gasteiger partial charge in [0.05, 0.1) is 12.0 Å². The summed E-state index contributed by atoms with van der Waals surface area (Å²) < 4.78 is 5.01. The van der Waals surface area contributed by atoms with Crippen molar-refractivity contribution in [2.45, 2.75) is 0 Å². The van der Waals surface area contributed by atoms with E-state index in [9.17, 15) is 19.7 Å². The maximum Gasteiger partial charge on any atom is 0.271 e. The van der Waals surface area contributed by atoms with E-state index in [1.165, 1.54) is 31.4 Å². The van der Waals surface area contributed by atoms with Crippen LogP contribution in [0, 0.1) is 10.1 Å². The molecule has 0 unspecified atom stereocenters. The number of hydrogen-bond acceptors (Lipinski definition) is 7. The van der Waals surface area contributed by atoms with Crippen molar-refractivity contribution in [3.05, 3.63) is 58.6 Å². The van der Waals surface area contributed by atoms with Gasteiger partial charge in [0.1, 0.15) is 12.0 Å². The highest BCUT2D eigenvalue weighted by Gasteiger charge is 2.07. The summed E-state index contributed by atoms with van der Waals surface area (Å²) >= 11 is 0. The molecule has 2 aromatic rings. The summed E-state index contributed by atoms with van der Waals surface area (Å²) in [7, 11) is 1.54. The Morgan fingerprint density at radius 1 is 1.15 bits per heavy atom. The zero-order chi connectivity index (χ0) is 19.6. The topological polar surface area (TPSA) is 132 Å². The molecule has 0 spiro atoms. The zero-order valence-electron chi connectivity index (χ0n) is 14.2. The van der Waals surface area contributed by atoms with Crippen LogP contribution in [0.1, 0.15) is 0 Å². The van der Waals surface area contributed by atoms with Gasteiger partial charge in [-0.1, -0.05) is 11.2 Å². The molecule has 0 saturated carbocycles. The molecule has 27 heavy (non-hydrogen) atoms. The summed E-state index contributed by atoms with van der Waals surface area (Å²) in [6.07, 6.45) is 0.819. The Balaban J connectivity index is 1.75. The van der Waals surface area contributed by atoms with Gasteiger partial charge in [0.25, 0.3) is 17.5 Å². The fourth-order valence-electron chi connectivity index (χ4n) is 1.92. The molecule has 0 radical (unpaired) electrons. The molecule has 0 aromatic heterocycles. The number of nitrogens with one attached hydrogen (secondary N) is 2. The van der Waals surface area contributed by atoms with Crippen LogP contribution < -0.4 is 15.4 Å². The molecule has 2 aromatic carbocycles. The third-order valence-corrected chi connectivity index (χ3v) is 3.14. The van der Waals surface area contributed by atoms with Gasteiger partial charge >= 0.3 is 0 Å². The van der Waals surface area contributed by atoms with Gasteiger partial charge in [0, 0.05) is 23.5 Å². The second kappa shape index (κ2) is 9.51. The molecule has 2 rings (SSSR count). The molecule has 140 valence electrons. The van der Waals surface area contributed by atoms with Gasteiger partial charge < -0.3 is 20.2 Å². The number of benzene rings is 2. The number of nitro groups is 1. The number of carbonyl (C=O) groups is 2. The lowest BCUT2D eigenvalue weighted by Crippen LogP contribution is -2.18. The number of nitro benzene ring substituents is 1. The van der Waals surface area contributed by atoms with Gasteiger partial charge in [0.2, 0.25) is 0 Å². The van der Waals surface area contributed by atoms with E-state index in [0.29, 0.717) is 11.4 Å². The Morgan fingerprint density at radius 2 is 1.89 bits per heavy atom. The van der Waals surface area contributed by atoms with Crippen LogP contribution in [0.4, 0.5) is 17.1 Å². The SMILES string of the molecule is COc1ccc(NC(=O)CO/N=C\C(=O)Nc2cccc([N+](=O)[O-])c2)cc1. The third kappa shape index (κ3) is 6.46. The average Bonchev–Trinajstić information content (AvgIpc) is 2.66. The summed E-state index contributed by atoms with van der Waals surface area (Å²) in [6.45, 7) is -0.396. The molecule has 10 nitrogen and oxygen atoms in total. The summed E-state index contributed by atoms with van der Waals surface area (Å²) in [4.78, 5) is 38.2. The van der Waals surface area contributed by atoms with Crippen LogP contribution in [0.2, 0.25) is 0 Å². The quantitative estimate of drug-likeness (QED) is 0.415. The molecule has 0 aliphatic rings. The predicted octanol–water partition coefficient (Wildman–Crippen LogP) is 2.18. The van der Waals surface area contributed by atoms with E-state index in [4.69, 9.17) is 9.57 Å². The van der Waals surface area contributed by atoms with Gasteiger partial charge in [-0.05, 0) is 30.3 Å². The van der Waals surface area contributed by atoms with Gasteiger partial charge in [-0.15, -0.1) is 0 Å². The van der Waals surface area contributed by atoms with Crippen LogP contribution in [0.5, 0.6) is 5.75 Å². The number of ether oxygens (including phenoxy) is 1. The van der Waals surface area contributed by atoms with E-state index in [1.807, 2.05) is 0 Å². The summed E-state index contributed by atoms with van der Waals surface area (Å²) in [5.74, 6) is -0.467. The molecule has 0 saturated heterocycles. The van der Waals surface area contributed by atoms with Crippen LogP contribution in [-0.4, -0.2) is 36.7 Å². The van der Waals surface area contributed by atoms with E-state index in [0.717, 1.165) is 6.21 Å². The Bertz CT molecular complexity index is 851. The Kier molecular flexibility index (Phi) is 6.83. The fraction of sp³-hybridized carbons (Fsp3) is 0.118. The first-order valence-corrected chi connectivity index (χ1v) is 7.62. The van der Waals surface area contributed by atoms with Crippen molar-refractivity contribution in [2.75, 3.05) is 24.4 Å². The van der Waals surface area contributed by atoms with Crippen molar-refractivity contribution in [3.8, 4) is 5.75 Å². The van der Waals surface area contributed by atoms with Gasteiger partial charge in [-0.2, -0.15) is 0 Å². The number of non-ortho nitro benzene ring substituents is 1. The molecule has 0 atom stereocenters. The predicted molar refractivity (Wildman–Crippen MR) is 97.8 cm³/mol. The summed E-state index contributed by atoms with van der Waals surface area (Å²) in [5.41, 5.74) is 0.630. The zero-order valence-corrected chi connectivity index (χ0v) is 14.2. The number of methoxy groups -OCH3 is 1. The number of oxime groups is 1. The molecule has 10 heteroatoms. The Hall–Kier alpha value is -3.95. The van der Waals surface area contributed by atoms with Gasteiger partial charge in [-0.25, -0.2) is 0 Å². The van der Waals surface area contributed by atoms with E-state index in [-0.39, 0.29) is 11.4 Å². The van der Waals surface area contributed by atoms with Crippen molar-refractivity contribution < 1.29 is 24.1 Å². The minimum atomic E-state index is -0.661. The lowest BCUT2D eigenvalue weighted by atomic mass is 10.3. The van der Waals surface area contributed by atoms with Crippen LogP contribution in [-0.2, 0) is 14.4 Å². The molecule has 0 aliphatic heterocycles. The Labute approximate surface area is 153 Å². The molecule has 0 aliphatic carbocycles. The van der Waals surface area contributed by atoms with E-state index < -0.39 is 23.3 Å². The first-order chi connectivity index (χ1) is 13.0. The molecular weight excluding hydrogens is 356 g/mol. The molecule has 2 amide bonds. The van der Waals surface area contributed by atoms with Crippen molar-refractivity contribution in [1.29, 1.82) is 0 Å². The van der Waals surface area contributed by atoms with Crippen LogP contribution in [0.25, 0.3) is 0 Å². The maximum absolute atomic E-state index is 11.7. The first kappa shape index (κ1) is 19.4. The van der Waals surface area contributed by atoms with Crippen LogP contribution in [0.3, 0.4) is 0 Å². The van der Waals surface area contributed by atoms with E-state index in [2.05, 4.69) is 15.8 Å². The second-order valence-corrected chi connectivity index (χ2v) is 5.08. The highest BCUT2D eigenvalue weighted by molar-refractivity contribution is 6.31. The fourth-order valence-corrected chi connectivity index (χ4v) is 1.92. The number of anilines is 2. The molecule has 2 N–H and O–H groups in total. The normalized spacial score (nSPS) is 10.3. The molecule has 0 heterocycles. The number of amides is 2. The number of hydrogen-bond donors (Lipinski definition) is 2. The monoisotopic (exact) mass is 372 g/mol. The van der Waals surface area contributed by atoms with Gasteiger partial charge in [0.15, 0.2) is 6.61 Å². The smallest absolute Gasteiger partial charge is 0.271 e. The van der Waals surface area contributed by atoms with Crippen molar-refractivity contribution in [2.24, 2.45) is 5.16 Å². The molecule has 0 bridgehead atoms. The van der Waals surface area contributed by atoms with Crippen LogP contribution >= 0.6 is 0 Å². The summed E-state index contributed by atoms with van der Waals surface area (Å²) in [5, 5.41) is 19.0. The first-order valence-electron chi connectivity index (χ1n) is 7.62. The minimum Gasteiger partial charge on any atom is -0.497 e. The lowest BCUT2D eigenvalue weighted by Gasteiger charge is -2.05. The number of rotatable bonds is 8. The van der Waals surface area contributed by atoms with Crippen molar-refractivity contribution in [1.82, 2.24) is 0 Å². The molecule has 0 fully saturated rings. The summed E-state index contributed by atoms with van der Waals surface area (Å²) in [6, 6.07) is 12.1. The second-order valence-electron chi connectivity index (χ2n) is 5.08. The minimum absolute atomic E-state index is 0.156. The average molecular weight is 372 g/mol. The van der Waals surface area contributed by atoms with E-state index >= 15 is 0 Å². The van der Waals surface area contributed by atoms with E-state index in [1.54, 1.807) is 24.3 Å². The number of nitrogens with zero attached hydrogens (tertiary/aromatic N) is 2. The standard InChI is InChI=1S/C17H16N4O6/c1-26-15-7-5-12(6-8-15)19-17(23)11-27-18-10-16(22)20-13-3-2-4-14(9-13)21(24)25/h2-10H,11H2,1H3,(H,19,23)(H,20,22)/b18-10-. The van der Waals surface area contributed by atoms with Crippen molar-refractivity contribution in [3.63, 3.8) is 0 Å². The number of carbonyl (C=O) groups excluding carboxylic acids is 2. The lowest BCUT2D eigenvalue weighted by molar-refractivity contribution is -0.384. The molecular formula is C17H16N4O6. The third-order valence-electron chi connectivity index (χ3n) is 3.14.